The van der Waals surface area contributed by atoms with Crippen molar-refractivity contribution in [2.75, 3.05) is 11.9 Å². The molecular weight excluding hydrogens is 335 g/mol. The van der Waals surface area contributed by atoms with Gasteiger partial charge < -0.3 is 4.98 Å². The van der Waals surface area contributed by atoms with Crippen LogP contribution in [0.15, 0.2) is 53.4 Å². The number of nitrogens with one attached hydrogen (secondary N) is 3. The number of hydrogen-bond donors (Lipinski definition) is 3. The fraction of sp³-hybridized carbons (Fsp3) is 0.0667. The highest BCUT2D eigenvalue weighted by molar-refractivity contribution is 7.89. The third-order valence-corrected chi connectivity index (χ3v) is 4.58. The van der Waals surface area contributed by atoms with Gasteiger partial charge in [-0.15, -0.1) is 0 Å². The molecule has 24 heavy (non-hydrogen) atoms. The van der Waals surface area contributed by atoms with Crippen LogP contribution in [0.1, 0.15) is 0 Å². The van der Waals surface area contributed by atoms with E-state index in [0.29, 0.717) is 5.52 Å². The number of sulfonamides is 1. The van der Waals surface area contributed by atoms with E-state index in [9.17, 15) is 17.6 Å². The second-order valence-corrected chi connectivity index (χ2v) is 6.70. The molecule has 9 heteroatoms. The summed E-state index contributed by atoms with van der Waals surface area (Å²) in [7, 11) is -3.98. The molecule has 3 aromatic rings. The number of imidazole rings is 1. The molecular formula is C15H13FN4O3S. The van der Waals surface area contributed by atoms with Gasteiger partial charge in [-0.3, -0.25) is 10.1 Å². The van der Waals surface area contributed by atoms with Crippen molar-refractivity contribution in [3.05, 3.63) is 54.3 Å². The average molecular weight is 348 g/mol. The maximum absolute atomic E-state index is 13.1. The highest BCUT2D eigenvalue weighted by Crippen LogP contribution is 2.13. The highest BCUT2D eigenvalue weighted by Gasteiger charge is 2.16. The molecule has 1 heterocycles. The summed E-state index contributed by atoms with van der Waals surface area (Å²) in [5, 5.41) is 2.46. The van der Waals surface area contributed by atoms with Gasteiger partial charge in [0.1, 0.15) is 5.82 Å². The number of fused-ring (bicyclic) bond motifs is 1. The lowest BCUT2D eigenvalue weighted by Gasteiger charge is -2.06. The van der Waals surface area contributed by atoms with Crippen molar-refractivity contribution in [1.29, 1.82) is 0 Å². The van der Waals surface area contributed by atoms with Crippen LogP contribution < -0.4 is 10.0 Å². The largest absolute Gasteiger partial charge is 0.324 e. The molecule has 0 aliphatic carbocycles. The minimum atomic E-state index is -3.98. The number of H-pyrrole nitrogens is 1. The second kappa shape index (κ2) is 6.38. The molecule has 0 unspecified atom stereocenters. The summed E-state index contributed by atoms with van der Waals surface area (Å²) < 4.78 is 39.2. The van der Waals surface area contributed by atoms with Crippen molar-refractivity contribution in [3.63, 3.8) is 0 Å². The van der Waals surface area contributed by atoms with Gasteiger partial charge in [0.15, 0.2) is 0 Å². The maximum atomic E-state index is 13.1. The second-order valence-electron chi connectivity index (χ2n) is 4.93. The summed E-state index contributed by atoms with van der Waals surface area (Å²) in [5.74, 6) is -1.07. The number of hydrogen-bond acceptors (Lipinski definition) is 4. The van der Waals surface area contributed by atoms with Crippen molar-refractivity contribution < 1.29 is 17.6 Å². The number of para-hydroxylation sites is 2. The van der Waals surface area contributed by atoms with Crippen LogP contribution in [-0.4, -0.2) is 30.8 Å². The molecule has 7 nitrogen and oxygen atoms in total. The first-order valence-corrected chi connectivity index (χ1v) is 8.42. The Kier molecular flexibility index (Phi) is 4.28. The molecule has 0 bridgehead atoms. The summed E-state index contributed by atoms with van der Waals surface area (Å²) in [5.41, 5.74) is 1.42. The van der Waals surface area contributed by atoms with Gasteiger partial charge in [0.05, 0.1) is 22.5 Å². The minimum Gasteiger partial charge on any atom is -0.324 e. The Balaban J connectivity index is 1.64. The zero-order valence-electron chi connectivity index (χ0n) is 12.3. The molecule has 0 fully saturated rings. The fourth-order valence-corrected chi connectivity index (χ4v) is 3.08. The Morgan fingerprint density at radius 3 is 2.71 bits per heavy atom. The quantitative estimate of drug-likeness (QED) is 0.652. The number of rotatable bonds is 5. The highest BCUT2D eigenvalue weighted by atomic mass is 32.2. The maximum Gasteiger partial charge on any atom is 0.241 e. The SMILES string of the molecule is O=C(CNS(=O)(=O)c1cccc(F)c1)Nc1nc2ccccc2[nH]1. The van der Waals surface area contributed by atoms with Crippen molar-refractivity contribution in [2.24, 2.45) is 0 Å². The first-order chi connectivity index (χ1) is 11.4. The first kappa shape index (κ1) is 16.1. The average Bonchev–Trinajstić information content (AvgIpc) is 2.95. The fourth-order valence-electron chi connectivity index (χ4n) is 2.07. The summed E-state index contributed by atoms with van der Waals surface area (Å²) in [6.45, 7) is -0.504. The lowest BCUT2D eigenvalue weighted by atomic mass is 10.3. The van der Waals surface area contributed by atoms with Crippen LogP contribution >= 0.6 is 0 Å². The van der Waals surface area contributed by atoms with Crippen LogP contribution in [-0.2, 0) is 14.8 Å². The zero-order valence-corrected chi connectivity index (χ0v) is 13.1. The number of nitrogens with zero attached hydrogens (tertiary/aromatic N) is 1. The van der Waals surface area contributed by atoms with Crippen LogP contribution in [0.2, 0.25) is 0 Å². The van der Waals surface area contributed by atoms with E-state index in [2.05, 4.69) is 20.0 Å². The number of aromatic amines is 1. The van der Waals surface area contributed by atoms with Crippen LogP contribution in [0, 0.1) is 5.82 Å². The number of benzene rings is 2. The summed E-state index contributed by atoms with van der Waals surface area (Å²) >= 11 is 0. The lowest BCUT2D eigenvalue weighted by Crippen LogP contribution is -2.33. The smallest absolute Gasteiger partial charge is 0.241 e. The van der Waals surface area contributed by atoms with Crippen molar-refractivity contribution in [1.82, 2.24) is 14.7 Å². The lowest BCUT2D eigenvalue weighted by molar-refractivity contribution is -0.115. The van der Waals surface area contributed by atoms with E-state index < -0.39 is 28.3 Å². The topological polar surface area (TPSA) is 104 Å². The number of carbonyl (C=O) groups is 1. The van der Waals surface area contributed by atoms with Gasteiger partial charge in [0.25, 0.3) is 0 Å². The Labute approximate surface area is 137 Å². The summed E-state index contributed by atoms with van der Waals surface area (Å²) in [6.07, 6.45) is 0. The minimum absolute atomic E-state index is 0.214. The summed E-state index contributed by atoms with van der Waals surface area (Å²) in [4.78, 5) is 18.7. The molecule has 1 amide bonds. The third-order valence-electron chi connectivity index (χ3n) is 3.18. The van der Waals surface area contributed by atoms with Crippen LogP contribution in [0.4, 0.5) is 10.3 Å². The van der Waals surface area contributed by atoms with Crippen LogP contribution in [0.3, 0.4) is 0 Å². The van der Waals surface area contributed by atoms with E-state index >= 15 is 0 Å². The predicted molar refractivity (Wildman–Crippen MR) is 86.3 cm³/mol. The number of carbonyl (C=O) groups excluding carboxylic acids is 1. The van der Waals surface area contributed by atoms with Gasteiger partial charge in [0.2, 0.25) is 21.9 Å². The molecule has 0 aliphatic heterocycles. The molecule has 0 saturated carbocycles. The van der Waals surface area contributed by atoms with E-state index in [1.165, 1.54) is 12.1 Å². The Bertz CT molecular complexity index is 968. The standard InChI is InChI=1S/C15H13FN4O3S/c16-10-4-3-5-11(8-10)24(22,23)17-9-14(21)20-15-18-12-6-1-2-7-13(12)19-15/h1-8,17H,9H2,(H2,18,19,20,21). The predicted octanol–water partition coefficient (Wildman–Crippen LogP) is 1.62. The van der Waals surface area contributed by atoms with Gasteiger partial charge in [-0.25, -0.2) is 22.5 Å². The van der Waals surface area contributed by atoms with E-state index in [0.717, 1.165) is 17.6 Å². The van der Waals surface area contributed by atoms with E-state index in [-0.39, 0.29) is 10.8 Å². The third kappa shape index (κ3) is 3.58. The van der Waals surface area contributed by atoms with Gasteiger partial charge in [0, 0.05) is 0 Å². The Hall–Kier alpha value is -2.78. The van der Waals surface area contributed by atoms with Crippen LogP contribution in [0.25, 0.3) is 11.0 Å². The molecule has 3 rings (SSSR count). The molecule has 0 atom stereocenters. The molecule has 3 N–H and O–H groups in total. The molecule has 0 saturated heterocycles. The van der Waals surface area contributed by atoms with Crippen LogP contribution in [0.5, 0.6) is 0 Å². The van der Waals surface area contributed by atoms with Crippen molar-refractivity contribution >= 4 is 32.9 Å². The normalized spacial score (nSPS) is 11.5. The van der Waals surface area contributed by atoms with E-state index in [1.807, 2.05) is 12.1 Å². The molecule has 0 aliphatic rings. The van der Waals surface area contributed by atoms with Gasteiger partial charge in [-0.05, 0) is 30.3 Å². The summed E-state index contributed by atoms with van der Waals surface area (Å²) in [6, 6.07) is 11.7. The number of amides is 1. The molecule has 2 aromatic carbocycles. The number of aromatic nitrogens is 2. The van der Waals surface area contributed by atoms with Gasteiger partial charge in [-0.1, -0.05) is 18.2 Å². The molecule has 1 aromatic heterocycles. The molecule has 124 valence electrons. The van der Waals surface area contributed by atoms with Crippen molar-refractivity contribution in [3.8, 4) is 0 Å². The molecule has 0 spiro atoms. The van der Waals surface area contributed by atoms with Gasteiger partial charge >= 0.3 is 0 Å². The Morgan fingerprint density at radius 2 is 1.96 bits per heavy atom. The number of anilines is 1. The van der Waals surface area contributed by atoms with E-state index in [1.54, 1.807) is 12.1 Å². The molecule has 0 radical (unpaired) electrons. The van der Waals surface area contributed by atoms with Gasteiger partial charge in [-0.2, -0.15) is 0 Å². The monoisotopic (exact) mass is 348 g/mol. The first-order valence-electron chi connectivity index (χ1n) is 6.94. The zero-order chi connectivity index (χ0) is 17.2. The Morgan fingerprint density at radius 1 is 1.17 bits per heavy atom. The number of halogens is 1. The van der Waals surface area contributed by atoms with E-state index in [4.69, 9.17) is 0 Å². The van der Waals surface area contributed by atoms with Crippen molar-refractivity contribution in [2.45, 2.75) is 4.90 Å².